The van der Waals surface area contributed by atoms with Gasteiger partial charge in [0.05, 0.1) is 0 Å². The van der Waals surface area contributed by atoms with Crippen LogP contribution in [0.4, 0.5) is 11.4 Å². The van der Waals surface area contributed by atoms with Gasteiger partial charge in [0.15, 0.2) is 0 Å². The Bertz CT molecular complexity index is 1010. The van der Waals surface area contributed by atoms with E-state index in [1.807, 2.05) is 55.6 Å². The smallest absolute Gasteiger partial charge is 0.255 e. The number of anilines is 2. The molecule has 0 bridgehead atoms. The van der Waals surface area contributed by atoms with Crippen LogP contribution in [0, 0.1) is 13.8 Å². The van der Waals surface area contributed by atoms with Crippen molar-refractivity contribution in [3.05, 3.63) is 70.2 Å². The first-order chi connectivity index (χ1) is 13.9. The summed E-state index contributed by atoms with van der Waals surface area (Å²) in [5.41, 5.74) is 5.05. The highest BCUT2D eigenvalue weighted by Gasteiger charge is 2.10. The van der Waals surface area contributed by atoms with Gasteiger partial charge in [-0.15, -0.1) is 11.3 Å². The van der Waals surface area contributed by atoms with Crippen molar-refractivity contribution >= 4 is 46.3 Å². The van der Waals surface area contributed by atoms with E-state index in [2.05, 4.69) is 15.6 Å². The zero-order valence-corrected chi connectivity index (χ0v) is 18.2. The summed E-state index contributed by atoms with van der Waals surface area (Å²) in [6.45, 7) is 5.71. The Morgan fingerprint density at radius 2 is 1.83 bits per heavy atom. The van der Waals surface area contributed by atoms with Gasteiger partial charge in [-0.1, -0.05) is 36.9 Å². The number of thiazole rings is 1. The molecule has 1 aromatic heterocycles. The number of aryl methyl sites for hydroxylation is 2. The maximum atomic E-state index is 12.6. The van der Waals surface area contributed by atoms with Crippen molar-refractivity contribution in [2.45, 2.75) is 37.3 Å². The largest absolute Gasteiger partial charge is 0.326 e. The van der Waals surface area contributed by atoms with Gasteiger partial charge in [0.25, 0.3) is 5.91 Å². The Hall–Kier alpha value is -2.64. The number of hydrogen-bond acceptors (Lipinski definition) is 5. The number of carbonyl (C=O) groups is 2. The molecule has 1 heterocycles. The average molecular weight is 426 g/mol. The lowest BCUT2D eigenvalue weighted by Gasteiger charge is -2.12. The van der Waals surface area contributed by atoms with Crippen LogP contribution in [0.2, 0.25) is 0 Å². The molecule has 0 unspecified atom stereocenters. The number of carbonyl (C=O) groups excluding carboxylic acids is 2. The number of nitrogens with one attached hydrogen (secondary N) is 2. The molecule has 29 heavy (non-hydrogen) atoms. The van der Waals surface area contributed by atoms with Crippen LogP contribution in [0.3, 0.4) is 0 Å². The highest BCUT2D eigenvalue weighted by molar-refractivity contribution is 8.00. The molecule has 2 N–H and O–H groups in total. The molecule has 0 saturated carbocycles. The Morgan fingerprint density at radius 3 is 2.48 bits per heavy atom. The summed E-state index contributed by atoms with van der Waals surface area (Å²) < 4.78 is 1.05. The van der Waals surface area contributed by atoms with Crippen LogP contribution < -0.4 is 10.6 Å². The van der Waals surface area contributed by atoms with Gasteiger partial charge >= 0.3 is 0 Å². The Morgan fingerprint density at radius 1 is 1.07 bits per heavy atom. The molecule has 0 aliphatic heterocycles. The van der Waals surface area contributed by atoms with E-state index >= 15 is 0 Å². The van der Waals surface area contributed by atoms with Crippen LogP contribution in [-0.2, 0) is 10.5 Å². The van der Waals surface area contributed by atoms with E-state index in [1.54, 1.807) is 36.1 Å². The number of hydrogen-bond donors (Lipinski definition) is 2. The lowest BCUT2D eigenvalue weighted by Crippen LogP contribution is -2.14. The molecule has 0 fully saturated rings. The van der Waals surface area contributed by atoms with Crippen LogP contribution in [0.15, 0.2) is 52.2 Å². The number of rotatable bonds is 7. The molecule has 2 amide bonds. The van der Waals surface area contributed by atoms with Crippen LogP contribution in [0.5, 0.6) is 0 Å². The maximum Gasteiger partial charge on any atom is 0.255 e. The van der Waals surface area contributed by atoms with Crippen molar-refractivity contribution in [3.8, 4) is 0 Å². The van der Waals surface area contributed by atoms with Crippen molar-refractivity contribution < 1.29 is 9.59 Å². The van der Waals surface area contributed by atoms with Gasteiger partial charge < -0.3 is 10.6 Å². The Balaban J connectivity index is 1.63. The molecule has 0 aliphatic carbocycles. The molecule has 3 rings (SSSR count). The third kappa shape index (κ3) is 5.92. The van der Waals surface area contributed by atoms with E-state index < -0.39 is 0 Å². The zero-order valence-electron chi connectivity index (χ0n) is 16.6. The van der Waals surface area contributed by atoms with Crippen LogP contribution in [0.25, 0.3) is 0 Å². The Labute approximate surface area is 179 Å². The molecule has 0 aliphatic rings. The van der Waals surface area contributed by atoms with Crippen LogP contribution in [-0.4, -0.2) is 16.8 Å². The Kier molecular flexibility index (Phi) is 7.06. The lowest BCUT2D eigenvalue weighted by atomic mass is 10.1. The van der Waals surface area contributed by atoms with Gasteiger partial charge in [0, 0.05) is 40.2 Å². The SMILES string of the molecule is CCC(=O)Nc1ccc(C)c(NC(=O)c2ccc(CSc3nc(C)cs3)cc2)c1. The number of nitrogens with zero attached hydrogens (tertiary/aromatic N) is 1. The fourth-order valence-corrected chi connectivity index (χ4v) is 4.38. The minimum Gasteiger partial charge on any atom is -0.326 e. The second-order valence-electron chi connectivity index (χ2n) is 6.63. The van der Waals surface area contributed by atoms with Gasteiger partial charge in [-0.3, -0.25) is 9.59 Å². The third-order valence-electron chi connectivity index (χ3n) is 4.27. The number of benzene rings is 2. The minimum atomic E-state index is -0.179. The number of thioether (sulfide) groups is 1. The van der Waals surface area contributed by atoms with E-state index in [1.165, 1.54) is 0 Å². The predicted octanol–water partition coefficient (Wildman–Crippen LogP) is 5.65. The first kappa shape index (κ1) is 21.1. The van der Waals surface area contributed by atoms with Gasteiger partial charge in [0.1, 0.15) is 4.34 Å². The number of aromatic nitrogens is 1. The van der Waals surface area contributed by atoms with Gasteiger partial charge in [-0.25, -0.2) is 4.98 Å². The summed E-state index contributed by atoms with van der Waals surface area (Å²) in [6, 6.07) is 13.1. The van der Waals surface area contributed by atoms with Crippen LogP contribution in [0.1, 0.15) is 40.5 Å². The molecular formula is C22H23N3O2S2. The normalized spacial score (nSPS) is 10.6. The highest BCUT2D eigenvalue weighted by Crippen LogP contribution is 2.26. The third-order valence-corrected chi connectivity index (χ3v) is 6.48. The zero-order chi connectivity index (χ0) is 20.8. The van der Waals surface area contributed by atoms with E-state index in [0.29, 0.717) is 23.4 Å². The molecule has 0 saturated heterocycles. The van der Waals surface area contributed by atoms with Gasteiger partial charge in [-0.05, 0) is 49.2 Å². The summed E-state index contributed by atoms with van der Waals surface area (Å²) in [5.74, 6) is 0.571. The molecule has 0 spiro atoms. The van der Waals surface area contributed by atoms with E-state index in [9.17, 15) is 9.59 Å². The standard InChI is InChI=1S/C22H23N3O2S2/c1-4-20(26)24-18-10-5-14(2)19(11-18)25-21(27)17-8-6-16(7-9-17)13-29-22-23-15(3)12-28-22/h5-12H,4,13H2,1-3H3,(H,24,26)(H,25,27). The summed E-state index contributed by atoms with van der Waals surface area (Å²) in [5, 5.41) is 7.79. The fraction of sp³-hybridized carbons (Fsp3) is 0.227. The monoisotopic (exact) mass is 425 g/mol. The van der Waals surface area contributed by atoms with E-state index in [-0.39, 0.29) is 11.8 Å². The summed E-state index contributed by atoms with van der Waals surface area (Å²) in [7, 11) is 0. The molecular weight excluding hydrogens is 402 g/mol. The predicted molar refractivity (Wildman–Crippen MR) is 121 cm³/mol. The lowest BCUT2D eigenvalue weighted by molar-refractivity contribution is -0.115. The first-order valence-electron chi connectivity index (χ1n) is 9.30. The second-order valence-corrected chi connectivity index (χ2v) is 8.71. The molecule has 3 aromatic rings. The topological polar surface area (TPSA) is 71.1 Å². The van der Waals surface area contributed by atoms with Crippen molar-refractivity contribution in [1.29, 1.82) is 0 Å². The summed E-state index contributed by atoms with van der Waals surface area (Å²) in [4.78, 5) is 28.7. The minimum absolute atomic E-state index is 0.0625. The van der Waals surface area contributed by atoms with Crippen molar-refractivity contribution in [2.24, 2.45) is 0 Å². The fourth-order valence-electron chi connectivity index (χ4n) is 2.57. The maximum absolute atomic E-state index is 12.6. The quantitative estimate of drug-likeness (QED) is 0.480. The summed E-state index contributed by atoms with van der Waals surface area (Å²) in [6.07, 6.45) is 0.405. The van der Waals surface area contributed by atoms with Crippen LogP contribution >= 0.6 is 23.1 Å². The van der Waals surface area contributed by atoms with Crippen molar-refractivity contribution in [3.63, 3.8) is 0 Å². The van der Waals surface area contributed by atoms with E-state index in [4.69, 9.17) is 0 Å². The average Bonchev–Trinajstić information content (AvgIpc) is 3.14. The molecule has 5 nitrogen and oxygen atoms in total. The molecule has 2 aromatic carbocycles. The molecule has 0 atom stereocenters. The first-order valence-corrected chi connectivity index (χ1v) is 11.2. The second kappa shape index (κ2) is 9.71. The van der Waals surface area contributed by atoms with Crippen molar-refractivity contribution in [2.75, 3.05) is 10.6 Å². The van der Waals surface area contributed by atoms with Gasteiger partial charge in [0.2, 0.25) is 5.91 Å². The van der Waals surface area contributed by atoms with Crippen molar-refractivity contribution in [1.82, 2.24) is 4.98 Å². The van der Waals surface area contributed by atoms with E-state index in [0.717, 1.165) is 26.9 Å². The summed E-state index contributed by atoms with van der Waals surface area (Å²) >= 11 is 3.34. The molecule has 150 valence electrons. The highest BCUT2D eigenvalue weighted by atomic mass is 32.2. The molecule has 7 heteroatoms. The number of amides is 2. The van der Waals surface area contributed by atoms with Gasteiger partial charge in [-0.2, -0.15) is 0 Å². The molecule has 0 radical (unpaired) electrons.